The second-order valence-electron chi connectivity index (χ2n) is 16.4. The molecule has 0 fully saturated rings. The molecule has 0 aromatic heterocycles. The first-order valence-electron chi connectivity index (χ1n) is 23.3. The van der Waals surface area contributed by atoms with Crippen molar-refractivity contribution in [1.82, 2.24) is 0 Å². The van der Waals surface area contributed by atoms with Gasteiger partial charge < -0.3 is 39.5 Å². The molecule has 2 rings (SSSR count). The van der Waals surface area contributed by atoms with E-state index in [1.807, 2.05) is 36.4 Å². The number of ether oxygens (including phenoxy) is 2. The van der Waals surface area contributed by atoms with Gasteiger partial charge in [-0.05, 0) is 101 Å². The van der Waals surface area contributed by atoms with Crippen LogP contribution in [0.15, 0.2) is 60.7 Å². The van der Waals surface area contributed by atoms with E-state index in [0.29, 0.717) is 26.1 Å². The van der Waals surface area contributed by atoms with Crippen LogP contribution in [0.25, 0.3) is 0 Å². The molecule has 8 nitrogen and oxygen atoms in total. The Morgan fingerprint density at radius 1 is 0.458 bits per heavy atom. The number of aliphatic hydroxyl groups is 2. The third-order valence-corrected chi connectivity index (χ3v) is 10.9. The van der Waals surface area contributed by atoms with Gasteiger partial charge in [0, 0.05) is 11.9 Å². The van der Waals surface area contributed by atoms with Crippen LogP contribution in [0.4, 0.5) is 0 Å². The quantitative estimate of drug-likeness (QED) is 0.0501. The Morgan fingerprint density at radius 2 is 0.763 bits per heavy atom. The van der Waals surface area contributed by atoms with Crippen molar-refractivity contribution in [2.24, 2.45) is 0 Å². The number of carbonyl (C=O) groups is 2. The molecular formula is C50H82BaO8. The van der Waals surface area contributed by atoms with Crippen LogP contribution in [0.1, 0.15) is 205 Å². The maximum absolute atomic E-state index is 10.4. The second-order valence-corrected chi connectivity index (χ2v) is 16.4. The molecule has 59 heavy (non-hydrogen) atoms. The van der Waals surface area contributed by atoms with E-state index in [-0.39, 0.29) is 86.1 Å². The number of carboxylic acids is 2. The van der Waals surface area contributed by atoms with E-state index in [0.717, 1.165) is 103 Å². The van der Waals surface area contributed by atoms with Crippen LogP contribution in [-0.2, 0) is 32.3 Å². The number of aliphatic carboxylic acids is 2. The largest absolute Gasteiger partial charge is 2.00 e. The molecule has 0 heterocycles. The summed E-state index contributed by atoms with van der Waals surface area (Å²) in [5.41, 5.74) is 2.43. The third kappa shape index (κ3) is 38.2. The van der Waals surface area contributed by atoms with Gasteiger partial charge in [0.15, 0.2) is 0 Å². The van der Waals surface area contributed by atoms with Crippen molar-refractivity contribution in [3.8, 4) is 0 Å². The van der Waals surface area contributed by atoms with Crippen LogP contribution in [0.2, 0.25) is 0 Å². The van der Waals surface area contributed by atoms with Crippen molar-refractivity contribution in [2.45, 2.75) is 231 Å². The van der Waals surface area contributed by atoms with Crippen LogP contribution < -0.4 is 10.2 Å². The van der Waals surface area contributed by atoms with Crippen LogP contribution >= 0.6 is 0 Å². The van der Waals surface area contributed by atoms with Crippen molar-refractivity contribution in [3.05, 3.63) is 71.8 Å². The molecule has 0 saturated heterocycles. The molecule has 332 valence electrons. The Kier molecular flexibility index (Phi) is 41.2. The maximum atomic E-state index is 10.4. The molecular weight excluding hydrogens is 866 g/mol. The number of carboxylic acid groups (broad SMARTS) is 2. The number of hydrogen-bond donors (Lipinski definition) is 2. The van der Waals surface area contributed by atoms with Crippen molar-refractivity contribution >= 4 is 60.8 Å². The van der Waals surface area contributed by atoms with Gasteiger partial charge in [0.05, 0.1) is 37.6 Å². The van der Waals surface area contributed by atoms with Gasteiger partial charge in [-0.1, -0.05) is 164 Å². The van der Waals surface area contributed by atoms with Gasteiger partial charge >= 0.3 is 48.9 Å². The predicted octanol–water partition coefficient (Wildman–Crippen LogP) is 9.95. The molecule has 0 spiro atoms. The monoisotopic (exact) mass is 949 g/mol. The first-order chi connectivity index (χ1) is 28.2. The summed E-state index contributed by atoms with van der Waals surface area (Å²) < 4.78 is 12.4. The summed E-state index contributed by atoms with van der Waals surface area (Å²) in [7, 11) is 0. The van der Waals surface area contributed by atoms with Crippen molar-refractivity contribution in [2.75, 3.05) is 0 Å². The minimum atomic E-state index is -0.969. The molecule has 4 atom stereocenters. The Morgan fingerprint density at radius 3 is 1.12 bits per heavy atom. The van der Waals surface area contributed by atoms with Gasteiger partial charge in [0.2, 0.25) is 0 Å². The van der Waals surface area contributed by atoms with E-state index >= 15 is 0 Å². The number of hydrogen-bond acceptors (Lipinski definition) is 8. The molecule has 4 unspecified atom stereocenters. The van der Waals surface area contributed by atoms with Crippen molar-refractivity contribution in [1.29, 1.82) is 0 Å². The van der Waals surface area contributed by atoms with Crippen molar-refractivity contribution in [3.63, 3.8) is 0 Å². The second kappa shape index (κ2) is 42.1. The standard InChI is InChI=1S/2C25H42O4.Ba/c2*1-2-3-4-11-18-24(29-21-22-14-8-7-9-15-22)19-13-17-23(26)16-10-5-6-12-20-25(27)28;/h2*7-9,14-15,23-24,26H,2-6,10-13,16-21H2,1H3,(H,27,28);/q;;+2/p-2. The molecule has 0 amide bonds. The maximum Gasteiger partial charge on any atom is 2.00 e. The third-order valence-electron chi connectivity index (χ3n) is 10.9. The van der Waals surface area contributed by atoms with Gasteiger partial charge in [0.25, 0.3) is 0 Å². The summed E-state index contributed by atoms with van der Waals surface area (Å²) in [4.78, 5) is 20.8. The molecule has 9 heteroatoms. The SMILES string of the molecule is CCCCCCC(CCCC(O)CCCCCCC(=O)[O-])OCc1ccccc1.CCCCCCC(CCCC(O)CCCCCCC(=O)[O-])OCc1ccccc1.[Ba+2]. The van der Waals surface area contributed by atoms with E-state index in [4.69, 9.17) is 9.47 Å². The van der Waals surface area contributed by atoms with Gasteiger partial charge in [-0.15, -0.1) is 0 Å². The van der Waals surface area contributed by atoms with Crippen LogP contribution in [-0.4, -0.2) is 95.4 Å². The van der Waals surface area contributed by atoms with E-state index < -0.39 is 11.9 Å². The summed E-state index contributed by atoms with van der Waals surface area (Å²) in [6.07, 6.45) is 26.7. The minimum Gasteiger partial charge on any atom is -0.550 e. The zero-order valence-electron chi connectivity index (χ0n) is 37.3. The number of carbonyl (C=O) groups excluding carboxylic acids is 2. The normalized spacial score (nSPS) is 13.1. The van der Waals surface area contributed by atoms with Crippen LogP contribution in [0.5, 0.6) is 0 Å². The van der Waals surface area contributed by atoms with Crippen LogP contribution in [0, 0.1) is 0 Å². The Labute approximate surface area is 400 Å². The van der Waals surface area contributed by atoms with E-state index in [1.165, 1.54) is 62.5 Å². The van der Waals surface area contributed by atoms with E-state index in [1.54, 1.807) is 0 Å². The molecule has 0 radical (unpaired) electrons. The molecule has 2 aromatic rings. The first-order valence-corrected chi connectivity index (χ1v) is 23.3. The summed E-state index contributed by atoms with van der Waals surface area (Å²) in [6.45, 7) is 5.78. The molecule has 0 bridgehead atoms. The van der Waals surface area contributed by atoms with E-state index in [2.05, 4.69) is 38.1 Å². The Balaban J connectivity index is 0.00000112. The molecule has 0 aliphatic rings. The summed E-state index contributed by atoms with van der Waals surface area (Å²) in [6, 6.07) is 20.6. The molecule has 2 aromatic carbocycles. The number of unbranched alkanes of at least 4 members (excludes halogenated alkanes) is 12. The van der Waals surface area contributed by atoms with Gasteiger partial charge in [-0.2, -0.15) is 0 Å². The fraction of sp³-hybridized carbons (Fsp3) is 0.720. The van der Waals surface area contributed by atoms with Gasteiger partial charge in [-0.3, -0.25) is 0 Å². The average molecular weight is 949 g/mol. The summed E-state index contributed by atoms with van der Waals surface area (Å²) in [5, 5.41) is 41.2. The Hall–Kier alpha value is -1.21. The Bertz CT molecular complexity index is 1110. The van der Waals surface area contributed by atoms with Crippen molar-refractivity contribution < 1.29 is 39.5 Å². The minimum absolute atomic E-state index is 0. The molecule has 0 aliphatic heterocycles. The van der Waals surface area contributed by atoms with E-state index in [9.17, 15) is 30.0 Å². The number of rotatable bonds is 38. The topological polar surface area (TPSA) is 139 Å². The number of aliphatic hydroxyl groups excluding tert-OH is 2. The molecule has 0 saturated carbocycles. The average Bonchev–Trinajstić information content (AvgIpc) is 3.22. The zero-order valence-corrected chi connectivity index (χ0v) is 41.8. The van der Waals surface area contributed by atoms with Crippen LogP contribution in [0.3, 0.4) is 0 Å². The predicted molar refractivity (Wildman–Crippen MR) is 238 cm³/mol. The fourth-order valence-electron chi connectivity index (χ4n) is 7.25. The van der Waals surface area contributed by atoms with Gasteiger partial charge in [0.1, 0.15) is 0 Å². The summed E-state index contributed by atoms with van der Waals surface area (Å²) in [5.74, 6) is -1.94. The zero-order chi connectivity index (χ0) is 42.3. The fourth-order valence-corrected chi connectivity index (χ4v) is 7.25. The summed E-state index contributed by atoms with van der Waals surface area (Å²) >= 11 is 0. The van der Waals surface area contributed by atoms with Gasteiger partial charge in [-0.25, -0.2) is 0 Å². The smallest absolute Gasteiger partial charge is 0.550 e. The molecule has 0 aliphatic carbocycles. The molecule has 2 N–H and O–H groups in total. The first kappa shape index (κ1) is 57.8. The number of benzene rings is 2.